The molecule has 26 heavy (non-hydrogen) atoms. The van der Waals surface area contributed by atoms with Gasteiger partial charge in [-0.1, -0.05) is 48.0 Å². The molecule has 0 spiro atoms. The zero-order valence-electron chi connectivity index (χ0n) is 14.2. The first-order chi connectivity index (χ1) is 12.6. The SMILES string of the molecule is C[C@H]1C(c2cc3c(Cl)ccnc3s2)=CCN1C(=O)OCc1ccccc1. The predicted octanol–water partition coefficient (Wildman–Crippen LogP) is 5.37. The molecule has 0 aliphatic carbocycles. The molecule has 0 saturated carbocycles. The van der Waals surface area contributed by atoms with Crippen molar-refractivity contribution in [3.05, 3.63) is 70.2 Å². The summed E-state index contributed by atoms with van der Waals surface area (Å²) in [4.78, 5) is 20.6. The van der Waals surface area contributed by atoms with Gasteiger partial charge in [0.25, 0.3) is 0 Å². The number of carbonyl (C=O) groups excluding carboxylic acids is 1. The van der Waals surface area contributed by atoms with E-state index < -0.39 is 0 Å². The number of fused-ring (bicyclic) bond motifs is 1. The number of carbonyl (C=O) groups is 1. The molecule has 1 aliphatic rings. The van der Waals surface area contributed by atoms with Gasteiger partial charge in [-0.2, -0.15) is 0 Å². The van der Waals surface area contributed by atoms with E-state index in [1.54, 1.807) is 28.5 Å². The minimum absolute atomic E-state index is 0.0508. The van der Waals surface area contributed by atoms with E-state index in [0.717, 1.165) is 26.2 Å². The number of hydrogen-bond acceptors (Lipinski definition) is 4. The van der Waals surface area contributed by atoms with Crippen LogP contribution in [0.15, 0.2) is 54.7 Å². The fourth-order valence-electron chi connectivity index (χ4n) is 3.09. The maximum absolute atomic E-state index is 12.5. The number of benzene rings is 1. The van der Waals surface area contributed by atoms with Gasteiger partial charge in [0, 0.05) is 23.0 Å². The molecule has 0 N–H and O–H groups in total. The molecule has 4 nitrogen and oxygen atoms in total. The predicted molar refractivity (Wildman–Crippen MR) is 105 cm³/mol. The smallest absolute Gasteiger partial charge is 0.410 e. The second-order valence-electron chi connectivity index (χ2n) is 6.15. The zero-order valence-corrected chi connectivity index (χ0v) is 15.8. The van der Waals surface area contributed by atoms with Crippen LogP contribution < -0.4 is 0 Å². The van der Waals surface area contributed by atoms with E-state index in [4.69, 9.17) is 16.3 Å². The second kappa shape index (κ2) is 7.09. The largest absolute Gasteiger partial charge is 0.445 e. The van der Waals surface area contributed by atoms with E-state index in [9.17, 15) is 4.79 Å². The lowest BCUT2D eigenvalue weighted by atomic mass is 10.1. The molecule has 0 bridgehead atoms. The van der Waals surface area contributed by atoms with E-state index in [2.05, 4.69) is 17.1 Å². The Morgan fingerprint density at radius 3 is 2.92 bits per heavy atom. The van der Waals surface area contributed by atoms with Crippen molar-refractivity contribution >= 4 is 44.8 Å². The highest BCUT2D eigenvalue weighted by Gasteiger charge is 2.30. The van der Waals surface area contributed by atoms with Gasteiger partial charge < -0.3 is 4.74 Å². The fourth-order valence-corrected chi connectivity index (χ4v) is 4.49. The molecule has 2 aromatic heterocycles. The highest BCUT2D eigenvalue weighted by molar-refractivity contribution is 7.19. The molecule has 1 aromatic carbocycles. The Labute approximate surface area is 160 Å². The third-order valence-electron chi connectivity index (χ3n) is 4.53. The van der Waals surface area contributed by atoms with Crippen molar-refractivity contribution < 1.29 is 9.53 Å². The average Bonchev–Trinajstić information content (AvgIpc) is 3.25. The van der Waals surface area contributed by atoms with Crippen molar-refractivity contribution in [3.8, 4) is 0 Å². The van der Waals surface area contributed by atoms with Crippen molar-refractivity contribution in [3.63, 3.8) is 0 Å². The van der Waals surface area contributed by atoms with Crippen LogP contribution in [-0.2, 0) is 11.3 Å². The Hall–Kier alpha value is -2.37. The van der Waals surface area contributed by atoms with Gasteiger partial charge in [-0.15, -0.1) is 11.3 Å². The molecule has 0 fully saturated rings. The lowest BCUT2D eigenvalue weighted by Gasteiger charge is -2.23. The van der Waals surface area contributed by atoms with Gasteiger partial charge in [0.15, 0.2) is 0 Å². The first-order valence-corrected chi connectivity index (χ1v) is 9.54. The van der Waals surface area contributed by atoms with Crippen molar-refractivity contribution in [2.75, 3.05) is 6.54 Å². The monoisotopic (exact) mass is 384 g/mol. The molecule has 6 heteroatoms. The molecule has 3 aromatic rings. The molecule has 0 saturated heterocycles. The molecular weight excluding hydrogens is 368 g/mol. The minimum atomic E-state index is -0.301. The first kappa shape index (κ1) is 17.1. The summed E-state index contributed by atoms with van der Waals surface area (Å²) in [6.07, 6.45) is 3.49. The topological polar surface area (TPSA) is 42.4 Å². The van der Waals surface area contributed by atoms with Crippen LogP contribution >= 0.6 is 22.9 Å². The van der Waals surface area contributed by atoms with Crippen LogP contribution in [0.5, 0.6) is 0 Å². The number of aromatic nitrogens is 1. The van der Waals surface area contributed by atoms with Gasteiger partial charge in [0.1, 0.15) is 11.4 Å². The Kier molecular flexibility index (Phi) is 4.66. The van der Waals surface area contributed by atoms with Gasteiger partial charge in [-0.05, 0) is 30.2 Å². The third kappa shape index (κ3) is 3.20. The van der Waals surface area contributed by atoms with Crippen LogP contribution in [0.25, 0.3) is 15.8 Å². The summed E-state index contributed by atoms with van der Waals surface area (Å²) in [5.41, 5.74) is 2.09. The Balaban J connectivity index is 1.47. The van der Waals surface area contributed by atoms with Crippen LogP contribution in [0.2, 0.25) is 5.02 Å². The molecular formula is C20H17ClN2O2S. The average molecular weight is 385 g/mol. The number of pyridine rings is 1. The Morgan fingerprint density at radius 1 is 1.35 bits per heavy atom. The Morgan fingerprint density at radius 2 is 2.15 bits per heavy atom. The normalized spacial score (nSPS) is 16.8. The van der Waals surface area contributed by atoms with Gasteiger partial charge >= 0.3 is 6.09 Å². The molecule has 132 valence electrons. The molecule has 1 atom stereocenters. The van der Waals surface area contributed by atoms with E-state index >= 15 is 0 Å². The summed E-state index contributed by atoms with van der Waals surface area (Å²) >= 11 is 7.85. The molecule has 3 heterocycles. The van der Waals surface area contributed by atoms with Crippen LogP contribution in [0.4, 0.5) is 4.79 Å². The standard InChI is InChI=1S/C20H17ClN2O2S/c1-13-15(18-11-16-17(21)7-9-22-19(16)26-18)8-10-23(13)20(24)25-12-14-5-3-2-4-6-14/h2-9,11,13H,10,12H2,1H3/t13-/m0/s1. The van der Waals surface area contributed by atoms with Crippen molar-refractivity contribution in [2.45, 2.75) is 19.6 Å². The minimum Gasteiger partial charge on any atom is -0.445 e. The van der Waals surface area contributed by atoms with E-state index in [-0.39, 0.29) is 18.7 Å². The number of amides is 1. The summed E-state index contributed by atoms with van der Waals surface area (Å²) in [5.74, 6) is 0. The number of thiophene rings is 1. The molecule has 0 unspecified atom stereocenters. The van der Waals surface area contributed by atoms with Crippen LogP contribution in [-0.4, -0.2) is 28.6 Å². The Bertz CT molecular complexity index is 984. The van der Waals surface area contributed by atoms with Crippen LogP contribution in [0.1, 0.15) is 17.4 Å². The lowest BCUT2D eigenvalue weighted by Crippen LogP contribution is -2.35. The van der Waals surface area contributed by atoms with Crippen LogP contribution in [0, 0.1) is 0 Å². The van der Waals surface area contributed by atoms with E-state index in [0.29, 0.717) is 11.6 Å². The van der Waals surface area contributed by atoms with Gasteiger partial charge in [-0.3, -0.25) is 4.90 Å². The van der Waals surface area contributed by atoms with Gasteiger partial charge in [-0.25, -0.2) is 9.78 Å². The quantitative estimate of drug-likeness (QED) is 0.609. The highest BCUT2D eigenvalue weighted by atomic mass is 35.5. The third-order valence-corrected chi connectivity index (χ3v) is 5.95. The zero-order chi connectivity index (χ0) is 18.1. The number of halogens is 1. The lowest BCUT2D eigenvalue weighted by molar-refractivity contribution is 0.0977. The van der Waals surface area contributed by atoms with Crippen LogP contribution in [0.3, 0.4) is 0 Å². The highest BCUT2D eigenvalue weighted by Crippen LogP contribution is 2.37. The molecule has 4 rings (SSSR count). The number of rotatable bonds is 3. The summed E-state index contributed by atoms with van der Waals surface area (Å²) in [7, 11) is 0. The summed E-state index contributed by atoms with van der Waals surface area (Å²) < 4.78 is 5.47. The first-order valence-electron chi connectivity index (χ1n) is 8.35. The van der Waals surface area contributed by atoms with Crippen molar-refractivity contribution in [1.82, 2.24) is 9.88 Å². The van der Waals surface area contributed by atoms with E-state index in [1.807, 2.05) is 37.3 Å². The maximum atomic E-state index is 12.5. The second-order valence-corrected chi connectivity index (χ2v) is 7.59. The summed E-state index contributed by atoms with van der Waals surface area (Å²) in [5, 5.41) is 1.65. The van der Waals surface area contributed by atoms with Gasteiger partial charge in [0.2, 0.25) is 0 Å². The van der Waals surface area contributed by atoms with E-state index in [1.165, 1.54) is 0 Å². The molecule has 1 amide bonds. The fraction of sp³-hybridized carbons (Fsp3) is 0.200. The van der Waals surface area contributed by atoms with Crippen molar-refractivity contribution in [1.29, 1.82) is 0 Å². The number of nitrogens with zero attached hydrogens (tertiary/aromatic N) is 2. The summed E-state index contributed by atoms with van der Waals surface area (Å²) in [6, 6.07) is 13.5. The maximum Gasteiger partial charge on any atom is 0.410 e. The molecule has 0 radical (unpaired) electrons. The number of hydrogen-bond donors (Lipinski definition) is 0. The molecule has 1 aliphatic heterocycles. The summed E-state index contributed by atoms with van der Waals surface area (Å²) in [6.45, 7) is 2.84. The van der Waals surface area contributed by atoms with Gasteiger partial charge in [0.05, 0.1) is 11.1 Å². The number of ether oxygens (including phenoxy) is 1. The van der Waals surface area contributed by atoms with Crippen molar-refractivity contribution in [2.24, 2.45) is 0 Å².